The highest BCUT2D eigenvalue weighted by molar-refractivity contribution is 5.71. The SMILES string of the molecule is C[C@H](c1ccc(OCc2ccccc2)cc1)N(O)C(N)=O. The molecule has 5 nitrogen and oxygen atoms in total. The Balaban J connectivity index is 1.97. The second-order valence-corrected chi connectivity index (χ2v) is 4.70. The lowest BCUT2D eigenvalue weighted by molar-refractivity contribution is -0.0710. The zero-order chi connectivity index (χ0) is 15.2. The summed E-state index contributed by atoms with van der Waals surface area (Å²) in [5.41, 5.74) is 6.88. The van der Waals surface area contributed by atoms with E-state index in [1.165, 1.54) is 0 Å². The van der Waals surface area contributed by atoms with Gasteiger partial charge in [0, 0.05) is 0 Å². The van der Waals surface area contributed by atoms with Gasteiger partial charge >= 0.3 is 6.03 Å². The molecule has 0 aromatic heterocycles. The minimum absolute atomic E-state index is 0.489. The van der Waals surface area contributed by atoms with E-state index in [9.17, 15) is 10.0 Å². The third-order valence-corrected chi connectivity index (χ3v) is 3.20. The number of nitrogens with zero attached hydrogens (tertiary/aromatic N) is 1. The number of hydrogen-bond donors (Lipinski definition) is 2. The lowest BCUT2D eigenvalue weighted by Crippen LogP contribution is -2.34. The molecule has 0 fully saturated rings. The average Bonchev–Trinajstić information content (AvgIpc) is 2.53. The Bertz CT molecular complexity index is 584. The lowest BCUT2D eigenvalue weighted by Gasteiger charge is -2.20. The smallest absolute Gasteiger partial charge is 0.339 e. The van der Waals surface area contributed by atoms with Crippen molar-refractivity contribution >= 4 is 6.03 Å². The van der Waals surface area contributed by atoms with Gasteiger partial charge in [0.05, 0.1) is 6.04 Å². The molecule has 2 aromatic rings. The van der Waals surface area contributed by atoms with Crippen molar-refractivity contribution in [3.63, 3.8) is 0 Å². The number of hydroxylamine groups is 2. The molecule has 0 aliphatic carbocycles. The number of nitrogens with two attached hydrogens (primary N) is 1. The predicted molar refractivity (Wildman–Crippen MR) is 78.8 cm³/mol. The molecule has 0 aliphatic rings. The van der Waals surface area contributed by atoms with Gasteiger partial charge in [-0.05, 0) is 30.2 Å². The molecule has 2 amide bonds. The van der Waals surface area contributed by atoms with Gasteiger partial charge in [-0.25, -0.2) is 4.79 Å². The number of hydrogen-bond acceptors (Lipinski definition) is 3. The van der Waals surface area contributed by atoms with Crippen LogP contribution in [0.5, 0.6) is 5.75 Å². The third kappa shape index (κ3) is 3.97. The van der Waals surface area contributed by atoms with Gasteiger partial charge in [-0.15, -0.1) is 0 Å². The van der Waals surface area contributed by atoms with Gasteiger partial charge in [0.1, 0.15) is 12.4 Å². The molecule has 0 spiro atoms. The Morgan fingerprint density at radius 2 is 1.81 bits per heavy atom. The average molecular weight is 286 g/mol. The van der Waals surface area contributed by atoms with Gasteiger partial charge in [-0.1, -0.05) is 42.5 Å². The van der Waals surface area contributed by atoms with E-state index in [4.69, 9.17) is 10.5 Å². The zero-order valence-electron chi connectivity index (χ0n) is 11.8. The molecule has 2 aromatic carbocycles. The molecular formula is C16H18N2O3. The molecule has 0 aliphatic heterocycles. The van der Waals surface area contributed by atoms with Crippen LogP contribution in [0.2, 0.25) is 0 Å². The summed E-state index contributed by atoms with van der Waals surface area (Å²) >= 11 is 0. The topological polar surface area (TPSA) is 75.8 Å². The molecule has 21 heavy (non-hydrogen) atoms. The van der Waals surface area contributed by atoms with E-state index in [0.717, 1.165) is 16.9 Å². The zero-order valence-corrected chi connectivity index (χ0v) is 11.8. The van der Waals surface area contributed by atoms with Crippen molar-refractivity contribution in [1.29, 1.82) is 0 Å². The van der Waals surface area contributed by atoms with Crippen molar-refractivity contribution in [1.82, 2.24) is 5.06 Å². The molecular weight excluding hydrogens is 268 g/mol. The summed E-state index contributed by atoms with van der Waals surface area (Å²) in [4.78, 5) is 10.9. The van der Waals surface area contributed by atoms with Gasteiger partial charge in [-0.2, -0.15) is 5.06 Å². The van der Waals surface area contributed by atoms with Gasteiger partial charge in [0.2, 0.25) is 0 Å². The first-order valence-electron chi connectivity index (χ1n) is 6.62. The van der Waals surface area contributed by atoms with E-state index in [0.29, 0.717) is 11.7 Å². The van der Waals surface area contributed by atoms with E-state index in [1.807, 2.05) is 30.3 Å². The fraction of sp³-hybridized carbons (Fsp3) is 0.188. The minimum Gasteiger partial charge on any atom is -0.489 e. The van der Waals surface area contributed by atoms with E-state index in [1.54, 1.807) is 31.2 Å². The number of primary amides is 1. The lowest BCUT2D eigenvalue weighted by atomic mass is 10.1. The van der Waals surface area contributed by atoms with Crippen LogP contribution in [0.25, 0.3) is 0 Å². The van der Waals surface area contributed by atoms with E-state index in [2.05, 4.69) is 0 Å². The van der Waals surface area contributed by atoms with Crippen LogP contribution in [-0.2, 0) is 6.61 Å². The van der Waals surface area contributed by atoms with Crippen molar-refractivity contribution in [2.75, 3.05) is 0 Å². The number of urea groups is 1. The van der Waals surface area contributed by atoms with E-state index < -0.39 is 12.1 Å². The summed E-state index contributed by atoms with van der Waals surface area (Å²) in [6.45, 7) is 2.17. The molecule has 0 heterocycles. The van der Waals surface area contributed by atoms with Gasteiger partial charge in [0.25, 0.3) is 0 Å². The molecule has 110 valence electrons. The van der Waals surface area contributed by atoms with Gasteiger partial charge in [-0.3, -0.25) is 5.21 Å². The predicted octanol–water partition coefficient (Wildman–Crippen LogP) is 3.10. The second-order valence-electron chi connectivity index (χ2n) is 4.70. The highest BCUT2D eigenvalue weighted by atomic mass is 16.5. The van der Waals surface area contributed by atoms with Crippen LogP contribution in [0.3, 0.4) is 0 Å². The summed E-state index contributed by atoms with van der Waals surface area (Å²) in [7, 11) is 0. The van der Waals surface area contributed by atoms with Crippen LogP contribution in [0, 0.1) is 0 Å². The fourth-order valence-corrected chi connectivity index (χ4v) is 1.92. The number of ether oxygens (including phenoxy) is 1. The largest absolute Gasteiger partial charge is 0.489 e. The molecule has 3 N–H and O–H groups in total. The van der Waals surface area contributed by atoms with Crippen molar-refractivity contribution in [3.8, 4) is 5.75 Å². The van der Waals surface area contributed by atoms with Crippen molar-refractivity contribution in [2.45, 2.75) is 19.6 Å². The summed E-state index contributed by atoms with van der Waals surface area (Å²) < 4.78 is 5.67. The molecule has 0 saturated carbocycles. The van der Waals surface area contributed by atoms with Crippen LogP contribution >= 0.6 is 0 Å². The first-order chi connectivity index (χ1) is 10.1. The van der Waals surface area contributed by atoms with Crippen LogP contribution < -0.4 is 10.5 Å². The van der Waals surface area contributed by atoms with Gasteiger partial charge in [0.15, 0.2) is 0 Å². The van der Waals surface area contributed by atoms with Crippen LogP contribution in [0.1, 0.15) is 24.1 Å². The first kappa shape index (κ1) is 14.9. The van der Waals surface area contributed by atoms with Crippen molar-refractivity contribution in [2.24, 2.45) is 5.73 Å². The van der Waals surface area contributed by atoms with Crippen molar-refractivity contribution in [3.05, 3.63) is 65.7 Å². The maximum absolute atomic E-state index is 10.9. The number of carbonyl (C=O) groups excluding carboxylic acids is 1. The Kier molecular flexibility index (Phi) is 4.79. The van der Waals surface area contributed by atoms with Crippen LogP contribution in [-0.4, -0.2) is 16.3 Å². The standard InChI is InChI=1S/C16H18N2O3/c1-12(18(20)16(17)19)14-7-9-15(10-8-14)21-11-13-5-3-2-4-6-13/h2-10,12,20H,11H2,1H3,(H2,17,19)/t12-/m1/s1. The number of carbonyl (C=O) groups is 1. The Morgan fingerprint density at radius 1 is 1.19 bits per heavy atom. The maximum atomic E-state index is 10.9. The summed E-state index contributed by atoms with van der Waals surface area (Å²) in [5.74, 6) is 0.721. The van der Waals surface area contributed by atoms with E-state index in [-0.39, 0.29) is 0 Å². The molecule has 0 unspecified atom stereocenters. The summed E-state index contributed by atoms with van der Waals surface area (Å²) in [6.07, 6.45) is 0. The Hall–Kier alpha value is -2.53. The van der Waals surface area contributed by atoms with Crippen LogP contribution in [0.4, 0.5) is 4.79 Å². The second kappa shape index (κ2) is 6.76. The molecule has 0 saturated heterocycles. The van der Waals surface area contributed by atoms with Crippen LogP contribution in [0.15, 0.2) is 54.6 Å². The molecule has 2 rings (SSSR count). The van der Waals surface area contributed by atoms with Crippen molar-refractivity contribution < 1.29 is 14.7 Å². The van der Waals surface area contributed by atoms with E-state index >= 15 is 0 Å². The first-order valence-corrected chi connectivity index (χ1v) is 6.62. The monoisotopic (exact) mass is 286 g/mol. The molecule has 0 bridgehead atoms. The Morgan fingerprint density at radius 3 is 2.38 bits per heavy atom. The summed E-state index contributed by atoms with van der Waals surface area (Å²) in [6, 6.07) is 15.6. The highest BCUT2D eigenvalue weighted by Gasteiger charge is 2.16. The number of benzene rings is 2. The number of amides is 2. The fourth-order valence-electron chi connectivity index (χ4n) is 1.92. The quantitative estimate of drug-likeness (QED) is 0.655. The maximum Gasteiger partial charge on any atom is 0.339 e. The summed E-state index contributed by atoms with van der Waals surface area (Å²) in [5, 5.41) is 10.00. The molecule has 5 heteroatoms. The normalized spacial score (nSPS) is 11.7. The third-order valence-electron chi connectivity index (χ3n) is 3.20. The highest BCUT2D eigenvalue weighted by Crippen LogP contribution is 2.21. The van der Waals surface area contributed by atoms with Gasteiger partial charge < -0.3 is 10.5 Å². The molecule has 1 atom stereocenters. The molecule has 0 radical (unpaired) electrons. The Labute approximate surface area is 123 Å². The number of rotatable bonds is 5. The minimum atomic E-state index is -0.882.